The first-order chi connectivity index (χ1) is 8.25. The molecule has 0 amide bonds. The smallest absolute Gasteiger partial charge is 0.0417 e. The largest absolute Gasteiger partial charge is 0.327 e. The maximum Gasteiger partial charge on any atom is 0.0417 e. The lowest BCUT2D eigenvalue weighted by Gasteiger charge is -2.25. The van der Waals surface area contributed by atoms with Gasteiger partial charge in [-0.3, -0.25) is 0 Å². The zero-order valence-electron chi connectivity index (χ0n) is 10.1. The van der Waals surface area contributed by atoms with Crippen molar-refractivity contribution in [2.24, 2.45) is 5.73 Å². The average molecular weight is 270 g/mol. The number of hydrogen-bond donors (Lipinski definition) is 1. The molecule has 1 aliphatic carbocycles. The first-order valence-electron chi connectivity index (χ1n) is 6.43. The van der Waals surface area contributed by atoms with Gasteiger partial charge in [-0.1, -0.05) is 43.4 Å². The van der Waals surface area contributed by atoms with Crippen molar-refractivity contribution in [2.45, 2.75) is 54.7 Å². The van der Waals surface area contributed by atoms with Gasteiger partial charge in [0, 0.05) is 21.2 Å². The molecular formula is C14H20ClNS. The second kappa shape index (κ2) is 6.67. The molecule has 3 heteroatoms. The maximum absolute atomic E-state index is 6.28. The molecule has 0 aromatic heterocycles. The molecule has 2 atom stereocenters. The number of halogens is 1. The molecule has 1 aromatic rings. The van der Waals surface area contributed by atoms with Crippen LogP contribution in [-0.2, 0) is 0 Å². The molecule has 17 heavy (non-hydrogen) atoms. The SMILES string of the molecule is NC1CCCCCCC1Sc1cccc(Cl)c1. The van der Waals surface area contributed by atoms with Crippen LogP contribution < -0.4 is 5.73 Å². The van der Waals surface area contributed by atoms with Gasteiger partial charge in [0.15, 0.2) is 0 Å². The van der Waals surface area contributed by atoms with Crippen molar-refractivity contribution < 1.29 is 0 Å². The summed E-state index contributed by atoms with van der Waals surface area (Å²) in [6, 6.07) is 8.43. The number of benzene rings is 1. The molecule has 0 aliphatic heterocycles. The molecule has 2 rings (SSSR count). The Bertz CT molecular complexity index is 356. The maximum atomic E-state index is 6.28. The highest BCUT2D eigenvalue weighted by Gasteiger charge is 2.20. The topological polar surface area (TPSA) is 26.0 Å². The van der Waals surface area contributed by atoms with Crippen LogP contribution in [0.2, 0.25) is 5.02 Å². The van der Waals surface area contributed by atoms with Crippen molar-refractivity contribution in [3.8, 4) is 0 Å². The Morgan fingerprint density at radius 1 is 1.12 bits per heavy atom. The van der Waals surface area contributed by atoms with Gasteiger partial charge in [0.05, 0.1) is 0 Å². The van der Waals surface area contributed by atoms with Crippen LogP contribution in [-0.4, -0.2) is 11.3 Å². The summed E-state index contributed by atoms with van der Waals surface area (Å²) < 4.78 is 0. The van der Waals surface area contributed by atoms with E-state index in [0.717, 1.165) is 11.4 Å². The fourth-order valence-corrected chi connectivity index (χ4v) is 3.89. The summed E-state index contributed by atoms with van der Waals surface area (Å²) in [5, 5.41) is 1.36. The lowest BCUT2D eigenvalue weighted by Crippen LogP contribution is -2.33. The van der Waals surface area contributed by atoms with Crippen molar-refractivity contribution >= 4 is 23.4 Å². The Kier molecular flexibility index (Phi) is 5.20. The summed E-state index contributed by atoms with van der Waals surface area (Å²) in [5.41, 5.74) is 6.28. The third kappa shape index (κ3) is 4.20. The molecule has 0 heterocycles. The second-order valence-electron chi connectivity index (χ2n) is 4.77. The lowest BCUT2D eigenvalue weighted by atomic mass is 9.97. The monoisotopic (exact) mass is 269 g/mol. The van der Waals surface area contributed by atoms with E-state index < -0.39 is 0 Å². The van der Waals surface area contributed by atoms with E-state index >= 15 is 0 Å². The summed E-state index contributed by atoms with van der Waals surface area (Å²) >= 11 is 7.91. The quantitative estimate of drug-likeness (QED) is 0.857. The van der Waals surface area contributed by atoms with E-state index in [1.165, 1.54) is 37.0 Å². The molecule has 94 valence electrons. The van der Waals surface area contributed by atoms with Crippen LogP contribution in [0.4, 0.5) is 0 Å². The molecule has 1 aromatic carbocycles. The molecule has 0 radical (unpaired) electrons. The molecule has 2 N–H and O–H groups in total. The Labute approximate surface area is 113 Å². The zero-order chi connectivity index (χ0) is 12.1. The second-order valence-corrected chi connectivity index (χ2v) is 6.52. The molecule has 0 bridgehead atoms. The Hall–Kier alpha value is -0.180. The van der Waals surface area contributed by atoms with Gasteiger partial charge in [0.25, 0.3) is 0 Å². The Morgan fingerprint density at radius 3 is 2.65 bits per heavy atom. The molecule has 1 fully saturated rings. The number of hydrogen-bond acceptors (Lipinski definition) is 2. The van der Waals surface area contributed by atoms with E-state index in [-0.39, 0.29) is 0 Å². The van der Waals surface area contributed by atoms with Gasteiger partial charge in [0.2, 0.25) is 0 Å². The summed E-state index contributed by atoms with van der Waals surface area (Å²) in [6.45, 7) is 0. The minimum Gasteiger partial charge on any atom is -0.327 e. The minimum atomic E-state index is 0.333. The number of nitrogens with two attached hydrogens (primary N) is 1. The van der Waals surface area contributed by atoms with Crippen LogP contribution in [0.3, 0.4) is 0 Å². The van der Waals surface area contributed by atoms with E-state index in [1.54, 1.807) is 0 Å². The molecule has 1 aliphatic rings. The van der Waals surface area contributed by atoms with Crippen LogP contribution in [0.5, 0.6) is 0 Å². The zero-order valence-corrected chi connectivity index (χ0v) is 11.6. The molecular weight excluding hydrogens is 250 g/mol. The summed E-state index contributed by atoms with van der Waals surface area (Å²) in [4.78, 5) is 1.25. The highest BCUT2D eigenvalue weighted by atomic mass is 35.5. The predicted octanol–water partition coefficient (Wildman–Crippen LogP) is 4.48. The van der Waals surface area contributed by atoms with Crippen molar-refractivity contribution in [3.05, 3.63) is 29.3 Å². The van der Waals surface area contributed by atoms with Gasteiger partial charge >= 0.3 is 0 Å². The molecule has 1 nitrogen and oxygen atoms in total. The van der Waals surface area contributed by atoms with Crippen LogP contribution in [0.25, 0.3) is 0 Å². The molecule has 1 saturated carbocycles. The predicted molar refractivity (Wildman–Crippen MR) is 76.8 cm³/mol. The fraction of sp³-hybridized carbons (Fsp3) is 0.571. The summed E-state index contributed by atoms with van der Waals surface area (Å²) in [5.74, 6) is 0. The molecule has 2 unspecified atom stereocenters. The van der Waals surface area contributed by atoms with Crippen molar-refractivity contribution in [3.63, 3.8) is 0 Å². The first kappa shape index (κ1) is 13.3. The van der Waals surface area contributed by atoms with E-state index in [2.05, 4.69) is 6.07 Å². The van der Waals surface area contributed by atoms with Gasteiger partial charge in [0.1, 0.15) is 0 Å². The summed E-state index contributed by atoms with van der Waals surface area (Å²) in [7, 11) is 0. The third-order valence-corrected chi connectivity index (χ3v) is 4.99. The Morgan fingerprint density at radius 2 is 1.88 bits per heavy atom. The van der Waals surface area contributed by atoms with E-state index in [1.807, 2.05) is 30.0 Å². The lowest BCUT2D eigenvalue weighted by molar-refractivity contribution is 0.463. The van der Waals surface area contributed by atoms with Crippen LogP contribution >= 0.6 is 23.4 Å². The van der Waals surface area contributed by atoms with Crippen LogP contribution in [0, 0.1) is 0 Å². The fourth-order valence-electron chi connectivity index (χ4n) is 2.34. The van der Waals surface area contributed by atoms with Crippen molar-refractivity contribution in [1.82, 2.24) is 0 Å². The number of thioether (sulfide) groups is 1. The van der Waals surface area contributed by atoms with Gasteiger partial charge in [-0.2, -0.15) is 0 Å². The van der Waals surface area contributed by atoms with Gasteiger partial charge in [-0.05, 0) is 31.0 Å². The average Bonchev–Trinajstić information content (AvgIpc) is 2.29. The first-order valence-corrected chi connectivity index (χ1v) is 7.69. The van der Waals surface area contributed by atoms with Crippen molar-refractivity contribution in [2.75, 3.05) is 0 Å². The third-order valence-electron chi connectivity index (χ3n) is 3.34. The molecule has 0 spiro atoms. The molecule has 0 saturated heterocycles. The standard InChI is InChI=1S/C14H20ClNS/c15-11-6-5-7-12(10-11)17-14-9-4-2-1-3-8-13(14)16/h5-7,10,13-14H,1-4,8-9,16H2. The normalized spacial score (nSPS) is 26.2. The van der Waals surface area contributed by atoms with Gasteiger partial charge in [-0.15, -0.1) is 11.8 Å². The van der Waals surface area contributed by atoms with Crippen LogP contribution in [0.15, 0.2) is 29.2 Å². The van der Waals surface area contributed by atoms with Gasteiger partial charge in [-0.25, -0.2) is 0 Å². The van der Waals surface area contributed by atoms with E-state index in [9.17, 15) is 0 Å². The highest BCUT2D eigenvalue weighted by molar-refractivity contribution is 8.00. The van der Waals surface area contributed by atoms with E-state index in [4.69, 9.17) is 17.3 Å². The van der Waals surface area contributed by atoms with Crippen molar-refractivity contribution in [1.29, 1.82) is 0 Å². The summed E-state index contributed by atoms with van der Waals surface area (Å²) in [6.07, 6.45) is 7.71. The van der Waals surface area contributed by atoms with Gasteiger partial charge < -0.3 is 5.73 Å². The Balaban J connectivity index is 1.99. The highest BCUT2D eigenvalue weighted by Crippen LogP contribution is 2.32. The van der Waals surface area contributed by atoms with E-state index in [0.29, 0.717) is 11.3 Å². The van der Waals surface area contributed by atoms with Crippen LogP contribution in [0.1, 0.15) is 38.5 Å². The number of rotatable bonds is 2. The minimum absolute atomic E-state index is 0.333.